The summed E-state index contributed by atoms with van der Waals surface area (Å²) >= 11 is 7.95. The number of rotatable bonds is 4. The van der Waals surface area contributed by atoms with Gasteiger partial charge in [0.05, 0.1) is 24.1 Å². The number of nitrogens with zero attached hydrogens (tertiary/aromatic N) is 4. The van der Waals surface area contributed by atoms with Crippen LogP contribution in [-0.4, -0.2) is 50.9 Å². The van der Waals surface area contributed by atoms with Gasteiger partial charge in [0, 0.05) is 24.5 Å². The number of ether oxygens (including phenoxy) is 1. The Morgan fingerprint density at radius 1 is 1.32 bits per heavy atom. The lowest BCUT2D eigenvalue weighted by Crippen LogP contribution is -2.39. The number of thiazole rings is 1. The monoisotopic (exact) mass is 378 g/mol. The Labute approximate surface area is 154 Å². The highest BCUT2D eigenvalue weighted by atomic mass is 35.5. The molecule has 1 aromatic carbocycles. The minimum atomic E-state index is -0.142. The van der Waals surface area contributed by atoms with Crippen LogP contribution < -0.4 is 0 Å². The smallest absolute Gasteiger partial charge is 0.230 e. The molecule has 1 fully saturated rings. The van der Waals surface area contributed by atoms with Crippen LogP contribution in [0.1, 0.15) is 29.2 Å². The number of aryl methyl sites for hydroxylation is 1. The Morgan fingerprint density at radius 3 is 2.76 bits per heavy atom. The summed E-state index contributed by atoms with van der Waals surface area (Å²) in [7, 11) is 0. The number of halogens is 1. The van der Waals surface area contributed by atoms with E-state index in [0.29, 0.717) is 23.2 Å². The quantitative estimate of drug-likeness (QED) is 0.755. The SMILES string of the molecule is CCc1nc2sc(C(c3ccccc3Cl)N3CCOCC3)c(O)n2n1. The molecule has 0 amide bonds. The van der Waals surface area contributed by atoms with Gasteiger partial charge in [0.2, 0.25) is 10.8 Å². The lowest BCUT2D eigenvalue weighted by atomic mass is 10.0. The van der Waals surface area contributed by atoms with E-state index in [1.165, 1.54) is 15.9 Å². The van der Waals surface area contributed by atoms with Gasteiger partial charge < -0.3 is 9.84 Å². The standard InChI is InChI=1S/C17H19ClN4O2S/c1-2-13-19-17-22(20-13)16(23)15(25-17)14(21-7-9-24-10-8-21)11-5-3-4-6-12(11)18/h3-6,14,23H,2,7-10H2,1H3. The zero-order chi connectivity index (χ0) is 17.4. The van der Waals surface area contributed by atoms with Crippen molar-refractivity contribution in [2.75, 3.05) is 26.3 Å². The summed E-state index contributed by atoms with van der Waals surface area (Å²) in [5, 5.41) is 15.9. The minimum absolute atomic E-state index is 0.142. The first-order valence-corrected chi connectivity index (χ1v) is 9.52. The van der Waals surface area contributed by atoms with E-state index in [-0.39, 0.29) is 11.9 Å². The van der Waals surface area contributed by atoms with Crippen LogP contribution in [-0.2, 0) is 11.2 Å². The maximum absolute atomic E-state index is 10.8. The predicted molar refractivity (Wildman–Crippen MR) is 97.6 cm³/mol. The molecule has 1 aliphatic heterocycles. The number of morpholine rings is 1. The molecule has 0 spiro atoms. The van der Waals surface area contributed by atoms with Crippen LogP contribution in [0.15, 0.2) is 24.3 Å². The van der Waals surface area contributed by atoms with Crippen molar-refractivity contribution in [3.63, 3.8) is 0 Å². The summed E-state index contributed by atoms with van der Waals surface area (Å²) in [5.41, 5.74) is 0.974. The lowest BCUT2D eigenvalue weighted by Gasteiger charge is -2.34. The molecule has 1 unspecified atom stereocenters. The summed E-state index contributed by atoms with van der Waals surface area (Å²) in [6.07, 6.45) is 0.737. The molecule has 1 atom stereocenters. The van der Waals surface area contributed by atoms with Gasteiger partial charge in [-0.05, 0) is 11.6 Å². The van der Waals surface area contributed by atoms with E-state index in [9.17, 15) is 5.11 Å². The highest BCUT2D eigenvalue weighted by Crippen LogP contribution is 2.42. The number of benzene rings is 1. The van der Waals surface area contributed by atoms with Gasteiger partial charge in [-0.1, -0.05) is 48.1 Å². The molecule has 1 N–H and O–H groups in total. The normalized spacial score (nSPS) is 17.2. The first-order chi connectivity index (χ1) is 12.2. The highest BCUT2D eigenvalue weighted by molar-refractivity contribution is 7.17. The molecule has 132 valence electrons. The van der Waals surface area contributed by atoms with Gasteiger partial charge in [-0.25, -0.2) is 4.98 Å². The van der Waals surface area contributed by atoms with E-state index in [4.69, 9.17) is 16.3 Å². The first-order valence-electron chi connectivity index (χ1n) is 8.32. The van der Waals surface area contributed by atoms with Crippen molar-refractivity contribution in [3.05, 3.63) is 45.6 Å². The Hall–Kier alpha value is -1.67. The van der Waals surface area contributed by atoms with E-state index >= 15 is 0 Å². The van der Waals surface area contributed by atoms with Gasteiger partial charge in [0.25, 0.3) is 0 Å². The third-order valence-electron chi connectivity index (χ3n) is 4.42. The van der Waals surface area contributed by atoms with Crippen molar-refractivity contribution < 1.29 is 9.84 Å². The van der Waals surface area contributed by atoms with Crippen molar-refractivity contribution in [1.82, 2.24) is 19.5 Å². The van der Waals surface area contributed by atoms with Crippen LogP contribution in [0.5, 0.6) is 5.88 Å². The largest absolute Gasteiger partial charge is 0.492 e. The van der Waals surface area contributed by atoms with E-state index in [1.54, 1.807) is 0 Å². The summed E-state index contributed by atoms with van der Waals surface area (Å²) in [4.78, 5) is 8.29. The molecule has 3 aromatic rings. The molecule has 4 rings (SSSR count). The van der Waals surface area contributed by atoms with E-state index in [2.05, 4.69) is 15.0 Å². The topological polar surface area (TPSA) is 62.9 Å². The molecule has 3 heterocycles. The lowest BCUT2D eigenvalue weighted by molar-refractivity contribution is 0.0241. The molecule has 25 heavy (non-hydrogen) atoms. The maximum Gasteiger partial charge on any atom is 0.230 e. The Kier molecular flexibility index (Phi) is 4.64. The molecular weight excluding hydrogens is 360 g/mol. The van der Waals surface area contributed by atoms with Gasteiger partial charge in [0.15, 0.2) is 5.82 Å². The van der Waals surface area contributed by atoms with Gasteiger partial charge in [-0.3, -0.25) is 4.90 Å². The molecule has 1 saturated heterocycles. The molecule has 8 heteroatoms. The summed E-state index contributed by atoms with van der Waals surface area (Å²) < 4.78 is 7.02. The molecule has 0 radical (unpaired) electrons. The van der Waals surface area contributed by atoms with Crippen molar-refractivity contribution in [3.8, 4) is 5.88 Å². The molecule has 0 bridgehead atoms. The third-order valence-corrected chi connectivity index (χ3v) is 5.84. The number of aromatic nitrogens is 3. The van der Waals surface area contributed by atoms with Crippen molar-refractivity contribution in [2.45, 2.75) is 19.4 Å². The summed E-state index contributed by atoms with van der Waals surface area (Å²) in [5.74, 6) is 0.873. The molecule has 2 aromatic heterocycles. The molecular formula is C17H19ClN4O2S. The van der Waals surface area contributed by atoms with Gasteiger partial charge >= 0.3 is 0 Å². The highest BCUT2D eigenvalue weighted by Gasteiger charge is 2.31. The number of fused-ring (bicyclic) bond motifs is 1. The predicted octanol–water partition coefficient (Wildman–Crippen LogP) is 3.13. The van der Waals surface area contributed by atoms with Crippen LogP contribution in [0.3, 0.4) is 0 Å². The van der Waals surface area contributed by atoms with Crippen molar-refractivity contribution >= 4 is 27.9 Å². The second kappa shape index (κ2) is 6.92. The average molecular weight is 379 g/mol. The van der Waals surface area contributed by atoms with Crippen LogP contribution in [0, 0.1) is 0 Å². The average Bonchev–Trinajstić information content (AvgIpc) is 3.18. The van der Waals surface area contributed by atoms with E-state index in [1.807, 2.05) is 31.2 Å². The molecule has 0 aliphatic carbocycles. The second-order valence-corrected chi connectivity index (χ2v) is 7.35. The molecule has 1 aliphatic rings. The number of hydrogen-bond donors (Lipinski definition) is 1. The van der Waals surface area contributed by atoms with Gasteiger partial charge in [-0.15, -0.1) is 5.10 Å². The Bertz CT molecular complexity index is 888. The first kappa shape index (κ1) is 16.8. The van der Waals surface area contributed by atoms with Crippen LogP contribution in [0.4, 0.5) is 0 Å². The fourth-order valence-corrected chi connectivity index (χ4v) is 4.52. The third kappa shape index (κ3) is 3.01. The van der Waals surface area contributed by atoms with Crippen molar-refractivity contribution in [1.29, 1.82) is 0 Å². The van der Waals surface area contributed by atoms with E-state index < -0.39 is 0 Å². The van der Waals surface area contributed by atoms with Crippen LogP contribution in [0.25, 0.3) is 4.96 Å². The Morgan fingerprint density at radius 2 is 2.08 bits per heavy atom. The summed E-state index contributed by atoms with van der Waals surface area (Å²) in [6, 6.07) is 7.63. The molecule has 0 saturated carbocycles. The van der Waals surface area contributed by atoms with Gasteiger partial charge in [-0.2, -0.15) is 4.52 Å². The zero-order valence-electron chi connectivity index (χ0n) is 13.9. The second-order valence-electron chi connectivity index (χ2n) is 5.94. The summed E-state index contributed by atoms with van der Waals surface area (Å²) in [6.45, 7) is 4.90. The zero-order valence-corrected chi connectivity index (χ0v) is 15.4. The fraction of sp³-hybridized carbons (Fsp3) is 0.412. The Balaban J connectivity index is 1.84. The fourth-order valence-electron chi connectivity index (χ4n) is 3.15. The minimum Gasteiger partial charge on any atom is -0.492 e. The van der Waals surface area contributed by atoms with E-state index in [0.717, 1.165) is 35.8 Å². The maximum atomic E-state index is 10.8. The van der Waals surface area contributed by atoms with Gasteiger partial charge in [0.1, 0.15) is 0 Å². The van der Waals surface area contributed by atoms with Crippen LogP contribution in [0.2, 0.25) is 5.02 Å². The number of hydrogen-bond acceptors (Lipinski definition) is 6. The molecule has 6 nitrogen and oxygen atoms in total. The number of aromatic hydroxyl groups is 1. The van der Waals surface area contributed by atoms with Crippen LogP contribution >= 0.6 is 22.9 Å². The van der Waals surface area contributed by atoms with Crippen molar-refractivity contribution in [2.24, 2.45) is 0 Å².